The van der Waals surface area contributed by atoms with Gasteiger partial charge >= 0.3 is 0 Å². The summed E-state index contributed by atoms with van der Waals surface area (Å²) in [5, 5.41) is 0. The van der Waals surface area contributed by atoms with Gasteiger partial charge in [0, 0.05) is 18.2 Å². The minimum Gasteiger partial charge on any atom is -0.340 e. The summed E-state index contributed by atoms with van der Waals surface area (Å²) in [6.07, 6.45) is 3.56. The molecule has 0 unspecified atom stereocenters. The maximum atomic E-state index is 5.95. The van der Waals surface area contributed by atoms with Gasteiger partial charge in [0.25, 0.3) is 0 Å². The number of aryl methyl sites for hydroxylation is 2. The van der Waals surface area contributed by atoms with Crippen LogP contribution in [0.2, 0.25) is 0 Å². The van der Waals surface area contributed by atoms with Crippen molar-refractivity contribution >= 4 is 11.2 Å². The fraction of sp³-hybridized carbons (Fsp3) is 0.500. The van der Waals surface area contributed by atoms with E-state index in [1.807, 2.05) is 19.9 Å². The van der Waals surface area contributed by atoms with Crippen LogP contribution in [0.1, 0.15) is 31.7 Å². The minimum atomic E-state index is -0.151. The summed E-state index contributed by atoms with van der Waals surface area (Å²) in [6.45, 7) is 6.11. The number of hydrogen-bond acceptors (Lipinski definition) is 3. The first-order valence-corrected chi connectivity index (χ1v) is 5.55. The molecule has 0 aliphatic carbocycles. The molecular formula is C12H18N4. The molecule has 0 saturated heterocycles. The summed E-state index contributed by atoms with van der Waals surface area (Å²) < 4.78 is 0. The molecule has 4 nitrogen and oxygen atoms in total. The van der Waals surface area contributed by atoms with Crippen LogP contribution in [0.25, 0.3) is 11.2 Å². The predicted molar refractivity (Wildman–Crippen MR) is 65.2 cm³/mol. The highest BCUT2D eigenvalue weighted by Gasteiger charge is 2.12. The Kier molecular flexibility index (Phi) is 2.68. The number of nitrogens with zero attached hydrogens (tertiary/aromatic N) is 2. The van der Waals surface area contributed by atoms with E-state index in [1.54, 1.807) is 6.20 Å². The molecule has 0 atom stereocenters. The van der Waals surface area contributed by atoms with Crippen LogP contribution in [0.5, 0.6) is 0 Å². The molecule has 0 fully saturated rings. The zero-order chi connectivity index (χ0) is 11.8. The molecule has 0 spiro atoms. The summed E-state index contributed by atoms with van der Waals surface area (Å²) in [5.41, 5.74) is 8.81. The maximum absolute atomic E-state index is 5.95. The zero-order valence-corrected chi connectivity index (χ0v) is 10.0. The highest BCUT2D eigenvalue weighted by atomic mass is 15.0. The van der Waals surface area contributed by atoms with Crippen molar-refractivity contribution in [3.63, 3.8) is 0 Å². The van der Waals surface area contributed by atoms with Crippen LogP contribution in [0, 0.1) is 6.92 Å². The molecule has 3 N–H and O–H groups in total. The molecule has 0 aliphatic heterocycles. The number of nitrogens with two attached hydrogens (primary N) is 1. The van der Waals surface area contributed by atoms with E-state index in [0.717, 1.165) is 29.8 Å². The summed E-state index contributed by atoms with van der Waals surface area (Å²) in [5.74, 6) is 0.968. The van der Waals surface area contributed by atoms with E-state index in [0.29, 0.717) is 0 Å². The third-order valence-electron chi connectivity index (χ3n) is 2.66. The van der Waals surface area contributed by atoms with Crippen LogP contribution >= 0.6 is 0 Å². The number of pyridine rings is 1. The van der Waals surface area contributed by atoms with E-state index >= 15 is 0 Å². The second kappa shape index (κ2) is 3.87. The van der Waals surface area contributed by atoms with Crippen LogP contribution in [-0.4, -0.2) is 20.5 Å². The molecule has 2 aromatic rings. The summed E-state index contributed by atoms with van der Waals surface area (Å²) in [4.78, 5) is 12.0. The smallest absolute Gasteiger partial charge is 0.177 e. The lowest BCUT2D eigenvalue weighted by atomic mass is 10.0. The Labute approximate surface area is 95.3 Å². The van der Waals surface area contributed by atoms with Crippen LogP contribution in [-0.2, 0) is 6.42 Å². The SMILES string of the molecule is Cc1ccnc2nc(CCC(C)(C)N)[nH]c12. The molecule has 2 rings (SSSR count). The average molecular weight is 218 g/mol. The largest absolute Gasteiger partial charge is 0.340 e. The van der Waals surface area contributed by atoms with Gasteiger partial charge < -0.3 is 10.7 Å². The number of fused-ring (bicyclic) bond motifs is 1. The number of nitrogens with one attached hydrogen (secondary N) is 1. The fourth-order valence-electron chi connectivity index (χ4n) is 1.64. The van der Waals surface area contributed by atoms with E-state index in [4.69, 9.17) is 5.73 Å². The number of rotatable bonds is 3. The Morgan fingerprint density at radius 3 is 2.81 bits per heavy atom. The van der Waals surface area contributed by atoms with Gasteiger partial charge in [-0.3, -0.25) is 0 Å². The molecule has 2 aromatic heterocycles. The van der Waals surface area contributed by atoms with E-state index in [9.17, 15) is 0 Å². The van der Waals surface area contributed by atoms with Crippen molar-refractivity contribution in [2.45, 2.75) is 39.2 Å². The molecule has 0 aliphatic rings. The monoisotopic (exact) mass is 218 g/mol. The first-order valence-electron chi connectivity index (χ1n) is 5.55. The summed E-state index contributed by atoms with van der Waals surface area (Å²) >= 11 is 0. The van der Waals surface area contributed by atoms with E-state index in [2.05, 4.69) is 21.9 Å². The van der Waals surface area contributed by atoms with Crippen LogP contribution in [0.15, 0.2) is 12.3 Å². The van der Waals surface area contributed by atoms with Crippen molar-refractivity contribution in [1.29, 1.82) is 0 Å². The van der Waals surface area contributed by atoms with E-state index in [1.165, 1.54) is 5.56 Å². The van der Waals surface area contributed by atoms with Crippen molar-refractivity contribution in [3.05, 3.63) is 23.7 Å². The Morgan fingerprint density at radius 2 is 2.19 bits per heavy atom. The van der Waals surface area contributed by atoms with Crippen LogP contribution < -0.4 is 5.73 Å². The van der Waals surface area contributed by atoms with Crippen molar-refractivity contribution in [1.82, 2.24) is 15.0 Å². The molecule has 0 amide bonds. The first kappa shape index (κ1) is 11.1. The standard InChI is InChI=1S/C12H18N4/c1-8-5-7-14-11-10(8)15-9(16-11)4-6-12(2,3)13/h5,7H,4,6,13H2,1-3H3,(H,14,15,16). The highest BCUT2D eigenvalue weighted by molar-refractivity contribution is 5.74. The number of H-pyrrole nitrogens is 1. The molecule has 0 saturated carbocycles. The van der Waals surface area contributed by atoms with Gasteiger partial charge in [0.1, 0.15) is 5.82 Å². The van der Waals surface area contributed by atoms with Gasteiger partial charge in [0.05, 0.1) is 5.52 Å². The second-order valence-corrected chi connectivity index (χ2v) is 5.00. The van der Waals surface area contributed by atoms with Gasteiger partial charge in [0.2, 0.25) is 0 Å². The minimum absolute atomic E-state index is 0.151. The van der Waals surface area contributed by atoms with Crippen LogP contribution in [0.3, 0.4) is 0 Å². The summed E-state index contributed by atoms with van der Waals surface area (Å²) in [7, 11) is 0. The topological polar surface area (TPSA) is 67.6 Å². The molecule has 0 aromatic carbocycles. The number of aromatic nitrogens is 3. The van der Waals surface area contributed by atoms with Gasteiger partial charge in [0.15, 0.2) is 5.65 Å². The van der Waals surface area contributed by atoms with Crippen molar-refractivity contribution in [3.8, 4) is 0 Å². The number of imidazole rings is 1. The molecule has 0 radical (unpaired) electrons. The van der Waals surface area contributed by atoms with Crippen molar-refractivity contribution in [2.75, 3.05) is 0 Å². The quantitative estimate of drug-likeness (QED) is 0.827. The van der Waals surface area contributed by atoms with E-state index < -0.39 is 0 Å². The summed E-state index contributed by atoms with van der Waals surface area (Å²) in [6, 6.07) is 1.98. The predicted octanol–water partition coefficient (Wildman–Crippen LogP) is 1.94. The Bertz CT molecular complexity index is 493. The lowest BCUT2D eigenvalue weighted by molar-refractivity contribution is 0.472. The number of hydrogen-bond donors (Lipinski definition) is 2. The van der Waals surface area contributed by atoms with Crippen molar-refractivity contribution < 1.29 is 0 Å². The maximum Gasteiger partial charge on any atom is 0.177 e. The third kappa shape index (κ3) is 2.39. The average Bonchev–Trinajstić information content (AvgIpc) is 2.58. The highest BCUT2D eigenvalue weighted by Crippen LogP contribution is 2.15. The lowest BCUT2D eigenvalue weighted by Gasteiger charge is -2.16. The van der Waals surface area contributed by atoms with Gasteiger partial charge in [-0.1, -0.05) is 0 Å². The van der Waals surface area contributed by atoms with Gasteiger partial charge in [-0.15, -0.1) is 0 Å². The molecule has 2 heterocycles. The second-order valence-electron chi connectivity index (χ2n) is 5.00. The first-order chi connectivity index (χ1) is 7.46. The van der Waals surface area contributed by atoms with Gasteiger partial charge in [-0.25, -0.2) is 9.97 Å². The van der Waals surface area contributed by atoms with Crippen molar-refractivity contribution in [2.24, 2.45) is 5.73 Å². The Morgan fingerprint density at radius 1 is 1.44 bits per heavy atom. The van der Waals surface area contributed by atoms with Gasteiger partial charge in [-0.05, 0) is 38.8 Å². The molecule has 0 bridgehead atoms. The molecule has 4 heteroatoms. The molecule has 16 heavy (non-hydrogen) atoms. The Balaban J connectivity index is 2.24. The number of aromatic amines is 1. The zero-order valence-electron chi connectivity index (χ0n) is 10.0. The van der Waals surface area contributed by atoms with E-state index in [-0.39, 0.29) is 5.54 Å². The normalized spacial score (nSPS) is 12.2. The van der Waals surface area contributed by atoms with Crippen LogP contribution in [0.4, 0.5) is 0 Å². The fourth-order valence-corrected chi connectivity index (χ4v) is 1.64. The van der Waals surface area contributed by atoms with Gasteiger partial charge in [-0.2, -0.15) is 0 Å². The lowest BCUT2D eigenvalue weighted by Crippen LogP contribution is -2.32. The third-order valence-corrected chi connectivity index (χ3v) is 2.66. The Hall–Kier alpha value is -1.42. The molecular weight excluding hydrogens is 200 g/mol. The molecule has 86 valence electrons.